The van der Waals surface area contributed by atoms with E-state index in [9.17, 15) is 22.4 Å². The van der Waals surface area contributed by atoms with Gasteiger partial charge >= 0.3 is 6.18 Å². The van der Waals surface area contributed by atoms with Crippen LogP contribution < -0.4 is 5.32 Å². The first-order valence-electron chi connectivity index (χ1n) is 6.10. The second kappa shape index (κ2) is 5.40. The molecule has 0 aliphatic heterocycles. The first-order chi connectivity index (χ1) is 9.27. The quantitative estimate of drug-likeness (QED) is 0.840. The minimum Gasteiger partial charge on any atom is -0.393 e. The summed E-state index contributed by atoms with van der Waals surface area (Å²) in [7, 11) is 0. The van der Waals surface area contributed by atoms with Crippen molar-refractivity contribution in [1.82, 2.24) is 5.32 Å². The van der Waals surface area contributed by atoms with Gasteiger partial charge < -0.3 is 10.4 Å². The van der Waals surface area contributed by atoms with E-state index in [0.717, 1.165) is 0 Å². The molecular formula is C13H13F4NO2. The number of rotatable bonds is 3. The zero-order valence-electron chi connectivity index (χ0n) is 10.4. The number of aliphatic hydroxyl groups is 1. The molecule has 1 aliphatic carbocycles. The van der Waals surface area contributed by atoms with Crippen LogP contribution in [0.5, 0.6) is 0 Å². The highest BCUT2D eigenvalue weighted by molar-refractivity contribution is 5.94. The molecule has 1 amide bonds. The van der Waals surface area contributed by atoms with E-state index in [-0.39, 0.29) is 18.6 Å². The van der Waals surface area contributed by atoms with Crippen molar-refractivity contribution in [3.8, 4) is 0 Å². The fourth-order valence-corrected chi connectivity index (χ4v) is 2.08. The first-order valence-corrected chi connectivity index (χ1v) is 6.10. The first kappa shape index (κ1) is 14.8. The number of benzene rings is 1. The smallest absolute Gasteiger partial charge is 0.393 e. The molecule has 0 saturated heterocycles. The van der Waals surface area contributed by atoms with Crippen molar-refractivity contribution in [3.63, 3.8) is 0 Å². The van der Waals surface area contributed by atoms with E-state index in [4.69, 9.17) is 5.11 Å². The molecule has 1 aliphatic rings. The molecule has 0 aromatic heterocycles. The maximum atomic E-state index is 13.4. The molecule has 20 heavy (non-hydrogen) atoms. The maximum Gasteiger partial charge on any atom is 0.416 e. The summed E-state index contributed by atoms with van der Waals surface area (Å²) >= 11 is 0. The van der Waals surface area contributed by atoms with E-state index < -0.39 is 29.0 Å². The van der Waals surface area contributed by atoms with Crippen molar-refractivity contribution in [2.24, 2.45) is 5.92 Å². The van der Waals surface area contributed by atoms with Crippen LogP contribution in [0.15, 0.2) is 18.2 Å². The summed E-state index contributed by atoms with van der Waals surface area (Å²) < 4.78 is 50.9. The van der Waals surface area contributed by atoms with E-state index in [1.807, 2.05) is 0 Å². The van der Waals surface area contributed by atoms with Gasteiger partial charge in [0.1, 0.15) is 5.82 Å². The van der Waals surface area contributed by atoms with Crippen molar-refractivity contribution in [2.75, 3.05) is 6.54 Å². The van der Waals surface area contributed by atoms with Crippen LogP contribution in [0.4, 0.5) is 17.6 Å². The lowest BCUT2D eigenvalue weighted by atomic mass is 9.82. The highest BCUT2D eigenvalue weighted by Crippen LogP contribution is 2.30. The monoisotopic (exact) mass is 291 g/mol. The Labute approximate surface area is 112 Å². The minimum absolute atomic E-state index is 0.0859. The third-order valence-electron chi connectivity index (χ3n) is 3.30. The lowest BCUT2D eigenvalue weighted by molar-refractivity contribution is -0.137. The van der Waals surface area contributed by atoms with Crippen LogP contribution in [0.2, 0.25) is 0 Å². The normalized spacial score (nSPS) is 22.2. The predicted octanol–water partition coefficient (Wildman–Crippen LogP) is 2.35. The molecule has 0 heterocycles. The van der Waals surface area contributed by atoms with Crippen LogP contribution in [0.25, 0.3) is 0 Å². The van der Waals surface area contributed by atoms with Crippen LogP contribution in [-0.2, 0) is 6.18 Å². The van der Waals surface area contributed by atoms with Crippen LogP contribution >= 0.6 is 0 Å². The molecule has 0 spiro atoms. The van der Waals surface area contributed by atoms with E-state index in [0.29, 0.717) is 31.0 Å². The second-order valence-electron chi connectivity index (χ2n) is 4.89. The highest BCUT2D eigenvalue weighted by Gasteiger charge is 2.32. The summed E-state index contributed by atoms with van der Waals surface area (Å²) in [4.78, 5) is 11.7. The van der Waals surface area contributed by atoms with Crippen LogP contribution in [0.1, 0.15) is 28.8 Å². The predicted molar refractivity (Wildman–Crippen MR) is 62.5 cm³/mol. The maximum absolute atomic E-state index is 13.4. The van der Waals surface area contributed by atoms with Crippen molar-refractivity contribution in [1.29, 1.82) is 0 Å². The molecular weight excluding hydrogens is 278 g/mol. The molecule has 0 atom stereocenters. The fourth-order valence-electron chi connectivity index (χ4n) is 2.08. The summed E-state index contributed by atoms with van der Waals surface area (Å²) in [6.45, 7) is 0.214. The van der Waals surface area contributed by atoms with Gasteiger partial charge in [0, 0.05) is 6.54 Å². The molecule has 0 unspecified atom stereocenters. The van der Waals surface area contributed by atoms with Gasteiger partial charge in [0.05, 0.1) is 17.2 Å². The van der Waals surface area contributed by atoms with Crippen molar-refractivity contribution in [2.45, 2.75) is 25.1 Å². The molecule has 110 valence electrons. The van der Waals surface area contributed by atoms with Crippen LogP contribution in [0, 0.1) is 11.7 Å². The number of alkyl halides is 3. The van der Waals surface area contributed by atoms with Gasteiger partial charge in [0.25, 0.3) is 5.91 Å². The number of hydrogen-bond acceptors (Lipinski definition) is 2. The number of nitrogens with one attached hydrogen (secondary N) is 1. The summed E-state index contributed by atoms with van der Waals surface area (Å²) in [5, 5.41) is 11.5. The summed E-state index contributed by atoms with van der Waals surface area (Å²) in [6.07, 6.45) is -3.94. The van der Waals surface area contributed by atoms with Crippen LogP contribution in [0.3, 0.4) is 0 Å². The zero-order chi connectivity index (χ0) is 14.9. The topological polar surface area (TPSA) is 49.3 Å². The Morgan fingerprint density at radius 2 is 2.00 bits per heavy atom. The third kappa shape index (κ3) is 3.27. The van der Waals surface area contributed by atoms with Crippen molar-refractivity contribution < 1.29 is 27.5 Å². The average Bonchev–Trinajstić information content (AvgIpc) is 2.32. The Kier molecular flexibility index (Phi) is 3.99. The van der Waals surface area contributed by atoms with Crippen molar-refractivity contribution in [3.05, 3.63) is 35.1 Å². The van der Waals surface area contributed by atoms with E-state index >= 15 is 0 Å². The molecule has 2 rings (SSSR count). The van der Waals surface area contributed by atoms with E-state index in [1.54, 1.807) is 0 Å². The number of aliphatic hydroxyl groups excluding tert-OH is 1. The Hall–Kier alpha value is -1.63. The van der Waals surface area contributed by atoms with E-state index in [1.165, 1.54) is 0 Å². The van der Waals surface area contributed by atoms with Gasteiger partial charge in [0.15, 0.2) is 0 Å². The molecule has 1 aromatic carbocycles. The van der Waals surface area contributed by atoms with Gasteiger partial charge in [0.2, 0.25) is 0 Å². The average molecular weight is 291 g/mol. The molecule has 0 radical (unpaired) electrons. The Balaban J connectivity index is 2.05. The fraction of sp³-hybridized carbons (Fsp3) is 0.462. The lowest BCUT2D eigenvalue weighted by Crippen LogP contribution is -2.38. The van der Waals surface area contributed by atoms with Gasteiger partial charge in [-0.1, -0.05) is 0 Å². The number of hydrogen-bond donors (Lipinski definition) is 2. The van der Waals surface area contributed by atoms with E-state index in [2.05, 4.69) is 5.32 Å². The minimum atomic E-state index is -4.62. The molecule has 2 N–H and O–H groups in total. The van der Waals surface area contributed by atoms with Gasteiger partial charge in [-0.05, 0) is 37.0 Å². The molecule has 7 heteroatoms. The largest absolute Gasteiger partial charge is 0.416 e. The van der Waals surface area contributed by atoms with Gasteiger partial charge in [-0.15, -0.1) is 0 Å². The summed E-state index contributed by atoms with van der Waals surface area (Å²) in [6, 6.07) is 1.72. The highest BCUT2D eigenvalue weighted by atomic mass is 19.4. The number of carbonyl (C=O) groups excluding carboxylic acids is 1. The second-order valence-corrected chi connectivity index (χ2v) is 4.89. The lowest BCUT2D eigenvalue weighted by Gasteiger charge is -2.31. The Bertz CT molecular complexity index is 510. The zero-order valence-corrected chi connectivity index (χ0v) is 10.4. The number of halogens is 4. The van der Waals surface area contributed by atoms with Crippen LogP contribution in [-0.4, -0.2) is 23.7 Å². The number of amides is 1. The Morgan fingerprint density at radius 3 is 2.55 bits per heavy atom. The standard InChI is InChI=1S/C13H13F4NO2/c14-11-2-1-8(13(15,16)17)5-10(11)12(20)18-6-7-3-9(19)4-7/h1-2,5,7,9,19H,3-4,6H2,(H,18,20). The van der Waals surface area contributed by atoms with Gasteiger partial charge in [-0.3, -0.25) is 4.79 Å². The summed E-state index contributed by atoms with van der Waals surface area (Å²) in [5.41, 5.74) is -1.69. The molecule has 1 saturated carbocycles. The number of carbonyl (C=O) groups is 1. The third-order valence-corrected chi connectivity index (χ3v) is 3.30. The Morgan fingerprint density at radius 1 is 1.35 bits per heavy atom. The molecule has 3 nitrogen and oxygen atoms in total. The SMILES string of the molecule is O=C(NCC1CC(O)C1)c1cc(C(F)(F)F)ccc1F. The molecule has 1 fully saturated rings. The van der Waals surface area contributed by atoms with Crippen molar-refractivity contribution >= 4 is 5.91 Å². The van der Waals surface area contributed by atoms with Gasteiger partial charge in [-0.25, -0.2) is 4.39 Å². The molecule has 1 aromatic rings. The molecule has 0 bridgehead atoms. The van der Waals surface area contributed by atoms with Gasteiger partial charge in [-0.2, -0.15) is 13.2 Å². The summed E-state index contributed by atoms with van der Waals surface area (Å²) in [5.74, 6) is -1.79.